The molecule has 0 amide bonds. The van der Waals surface area contributed by atoms with E-state index in [1.54, 1.807) is 13.8 Å². The van der Waals surface area contributed by atoms with Crippen molar-refractivity contribution >= 4 is 47.4 Å². The van der Waals surface area contributed by atoms with Gasteiger partial charge in [-0.1, -0.05) is 52.6 Å². The predicted octanol–water partition coefficient (Wildman–Crippen LogP) is 5.26. The lowest BCUT2D eigenvalue weighted by atomic mass is 10.1. The zero-order valence-electron chi connectivity index (χ0n) is 46.6. The number of esters is 6. The number of likely N-dealkylation sites (N-methyl/N-ethyl adjacent to an activating group) is 4. The Balaban J connectivity index is -0.000000428. The summed E-state index contributed by atoms with van der Waals surface area (Å²) < 4.78 is 30.6. The smallest absolute Gasteiger partial charge is 0.338 e. The van der Waals surface area contributed by atoms with Gasteiger partial charge in [-0.05, 0) is 51.2 Å². The summed E-state index contributed by atoms with van der Waals surface area (Å²) in [6, 6.07) is 0. The number of hydrogen-bond donors (Lipinski definition) is 0. The maximum Gasteiger partial charge on any atom is 0.338 e. The number of rotatable bonds is 32. The Morgan fingerprint density at radius 2 is 0.708 bits per heavy atom. The lowest BCUT2D eigenvalue weighted by Gasteiger charge is -2.30. The van der Waals surface area contributed by atoms with Gasteiger partial charge in [-0.15, -0.1) is 0 Å². The predicted molar refractivity (Wildman–Crippen MR) is 282 cm³/mol. The molecule has 0 spiro atoms. The number of hydrogen-bond acceptors (Lipinski definition) is 14. The Morgan fingerprint density at radius 1 is 0.403 bits per heavy atom. The molecule has 18 nitrogen and oxygen atoms in total. The summed E-state index contributed by atoms with van der Waals surface area (Å²) >= 11 is 0. The second-order valence-corrected chi connectivity index (χ2v) is 19.7. The number of unbranched alkanes of at least 4 members (excludes halogenated alkanes) is 2. The van der Waals surface area contributed by atoms with Crippen molar-refractivity contribution in [1.29, 1.82) is 0 Å². The maximum absolute atomic E-state index is 11.4. The molecule has 0 saturated carbocycles. The van der Waals surface area contributed by atoms with E-state index in [0.29, 0.717) is 103 Å². The molecular formula is C54H92N4O14+4. The van der Waals surface area contributed by atoms with E-state index in [9.17, 15) is 38.4 Å². The quantitative estimate of drug-likeness (QED) is 0.0279. The summed E-state index contributed by atoms with van der Waals surface area (Å²) in [6.07, 6.45) is 7.12. The van der Waals surface area contributed by atoms with Gasteiger partial charge in [-0.3, -0.25) is 9.59 Å². The molecule has 0 bridgehead atoms. The summed E-state index contributed by atoms with van der Waals surface area (Å²) in [4.78, 5) is 89.4. The average Bonchev–Trinajstić information content (AvgIpc) is 3.29. The van der Waals surface area contributed by atoms with E-state index in [4.69, 9.17) is 9.47 Å². The van der Waals surface area contributed by atoms with Crippen LogP contribution in [0.25, 0.3) is 0 Å². The normalized spacial score (nSPS) is 10.8. The highest BCUT2D eigenvalue weighted by Gasteiger charge is 2.24. The number of quaternary nitrogens is 4. The van der Waals surface area contributed by atoms with Crippen molar-refractivity contribution in [2.75, 3.05) is 150 Å². The first-order valence-electron chi connectivity index (χ1n) is 23.3. The largest absolute Gasteiger partial charge is 0.466 e. The number of carbonyl (C=O) groups excluding carboxylic acids is 8. The number of ketones is 2. The van der Waals surface area contributed by atoms with Crippen LogP contribution in [0.1, 0.15) is 52.4 Å². The Bertz CT molecular complexity index is 1920. The Kier molecular flexibility index (Phi) is 37.9. The topological polar surface area (TPSA) is 192 Å². The number of Topliss-reactive ketones (excluding diaryl/α,β-unsaturated/α-hetero) is 1. The molecule has 0 fully saturated rings. The van der Waals surface area contributed by atoms with E-state index in [1.165, 1.54) is 34.5 Å². The van der Waals surface area contributed by atoms with Crippen molar-refractivity contribution in [1.82, 2.24) is 0 Å². The lowest BCUT2D eigenvalue weighted by molar-refractivity contribution is -0.885. The molecule has 18 heteroatoms. The highest BCUT2D eigenvalue weighted by atomic mass is 16.5. The Hall–Kier alpha value is -6.08. The molecule has 0 N–H and O–H groups in total. The summed E-state index contributed by atoms with van der Waals surface area (Å²) in [5, 5.41) is 0. The molecule has 0 atom stereocenters. The lowest BCUT2D eigenvalue weighted by Crippen LogP contribution is -2.44. The van der Waals surface area contributed by atoms with Crippen LogP contribution >= 0.6 is 0 Å². The number of ether oxygens (including phenoxy) is 6. The zero-order valence-corrected chi connectivity index (χ0v) is 46.6. The maximum atomic E-state index is 11.4. The van der Waals surface area contributed by atoms with Gasteiger partial charge in [0.25, 0.3) is 0 Å². The minimum absolute atomic E-state index is 0.0827. The second kappa shape index (κ2) is 37.7. The standard InChI is InChI=1S/C15H26NO3.C14H24NO3.C13H22NO4.C12H20NO4/c1-12(2)14(17)9-7-8-10-16(4,5)11-13(3)15(18)19-6;1-6-13(16)9-7-8-10-15(3,4)11-12(2)14(17)18-5;1-10(2)12(15)18-8-7-14(4,5)9-11(3)13(16)17-6;1-6-11(14)17-8-7-13(3,4)9-10(2)12(15)16-5/h1,3,7-11H2,2,4-6H3;6H,1-2,7-11H2,3-5H3;1,3,7-9H2,2,4-6H3;6H,1-2,7-9H2,3-5H3/q4*+1. The van der Waals surface area contributed by atoms with Crippen LogP contribution < -0.4 is 0 Å². The Morgan fingerprint density at radius 3 is 0.986 bits per heavy atom. The first kappa shape index (κ1) is 72.5. The molecule has 0 aliphatic carbocycles. The van der Waals surface area contributed by atoms with Crippen LogP contribution in [0.2, 0.25) is 0 Å². The molecule has 0 aliphatic heterocycles. The van der Waals surface area contributed by atoms with Gasteiger partial charge in [0.1, 0.15) is 52.5 Å². The fourth-order valence-electron chi connectivity index (χ4n) is 6.16. The first-order chi connectivity index (χ1) is 33.0. The molecule has 0 aromatic heterocycles. The second-order valence-electron chi connectivity index (χ2n) is 19.7. The molecule has 408 valence electrons. The average molecular weight is 1020 g/mol. The van der Waals surface area contributed by atoms with Gasteiger partial charge in [-0.25, -0.2) is 28.8 Å². The minimum atomic E-state index is -0.447. The van der Waals surface area contributed by atoms with Crippen LogP contribution in [-0.2, 0) is 66.8 Å². The molecule has 0 radical (unpaired) electrons. The van der Waals surface area contributed by atoms with Crippen molar-refractivity contribution in [3.05, 3.63) is 98.2 Å². The van der Waals surface area contributed by atoms with E-state index < -0.39 is 23.9 Å². The minimum Gasteiger partial charge on any atom is -0.466 e. The summed E-state index contributed by atoms with van der Waals surface area (Å²) in [5.74, 6) is -2.19. The van der Waals surface area contributed by atoms with Gasteiger partial charge >= 0.3 is 35.8 Å². The third kappa shape index (κ3) is 39.6. The van der Waals surface area contributed by atoms with E-state index in [1.807, 2.05) is 56.4 Å². The van der Waals surface area contributed by atoms with E-state index in [-0.39, 0.29) is 36.7 Å². The van der Waals surface area contributed by atoms with Crippen molar-refractivity contribution in [3.63, 3.8) is 0 Å². The molecule has 72 heavy (non-hydrogen) atoms. The van der Waals surface area contributed by atoms with Crippen LogP contribution in [0.4, 0.5) is 0 Å². The third-order valence-corrected chi connectivity index (χ3v) is 10.3. The molecule has 0 aromatic rings. The van der Waals surface area contributed by atoms with Gasteiger partial charge in [0.05, 0.1) is 120 Å². The highest BCUT2D eigenvalue weighted by molar-refractivity contribution is 5.94. The van der Waals surface area contributed by atoms with Crippen molar-refractivity contribution in [2.24, 2.45) is 0 Å². The van der Waals surface area contributed by atoms with Gasteiger partial charge in [0.2, 0.25) is 0 Å². The number of nitrogens with zero attached hydrogens (tertiary/aromatic N) is 4. The first-order valence-corrected chi connectivity index (χ1v) is 23.3. The van der Waals surface area contributed by atoms with Crippen molar-refractivity contribution in [3.8, 4) is 0 Å². The van der Waals surface area contributed by atoms with Crippen LogP contribution in [0.5, 0.6) is 0 Å². The number of allylic oxidation sites excluding steroid dienone is 2. The van der Waals surface area contributed by atoms with Gasteiger partial charge in [0.15, 0.2) is 11.6 Å². The van der Waals surface area contributed by atoms with Gasteiger partial charge in [0, 0.05) is 24.5 Å². The van der Waals surface area contributed by atoms with Crippen LogP contribution in [0, 0.1) is 0 Å². The molecule has 0 rings (SSSR count). The van der Waals surface area contributed by atoms with Crippen LogP contribution in [-0.4, -0.2) is 216 Å². The van der Waals surface area contributed by atoms with E-state index in [0.717, 1.165) is 44.8 Å². The van der Waals surface area contributed by atoms with Crippen LogP contribution in [0.3, 0.4) is 0 Å². The van der Waals surface area contributed by atoms with E-state index in [2.05, 4.69) is 71.6 Å². The molecule has 0 saturated heterocycles. The SMILES string of the molecule is C=C(C)C(=O)CCCC[N+](C)(C)CC(=C)C(=O)OC.C=C(C)C(=O)OCC[N+](C)(C)CC(=C)C(=O)OC.C=CC(=O)CCCC[N+](C)(C)CC(=C)C(=O)OC.C=CC(=O)OCC[N+](C)(C)CC(=C)C(=O)OC. The van der Waals surface area contributed by atoms with Crippen molar-refractivity contribution < 1.29 is 84.7 Å². The molecule has 0 heterocycles. The number of carbonyl (C=O) groups is 8. The summed E-state index contributed by atoms with van der Waals surface area (Å²) in [6.45, 7) is 37.5. The fourth-order valence-corrected chi connectivity index (χ4v) is 6.16. The Labute approximate surface area is 431 Å². The monoisotopic (exact) mass is 1020 g/mol. The zero-order chi connectivity index (χ0) is 57.1. The molecule has 0 aliphatic rings. The molecule has 0 aromatic carbocycles. The van der Waals surface area contributed by atoms with Gasteiger partial charge in [-0.2, -0.15) is 0 Å². The third-order valence-electron chi connectivity index (χ3n) is 10.3. The van der Waals surface area contributed by atoms with Crippen molar-refractivity contribution in [2.45, 2.75) is 52.4 Å². The van der Waals surface area contributed by atoms with Gasteiger partial charge < -0.3 is 46.4 Å². The summed E-state index contributed by atoms with van der Waals surface area (Å²) in [5.41, 5.74) is 2.74. The van der Waals surface area contributed by atoms with Crippen LogP contribution in [0.15, 0.2) is 98.2 Å². The molecular weight excluding hydrogens is 929 g/mol. The number of methoxy groups -OCH3 is 4. The summed E-state index contributed by atoms with van der Waals surface area (Å²) in [7, 11) is 21.2. The molecule has 0 unspecified atom stereocenters. The fraction of sp³-hybridized carbons (Fsp3) is 0.556. The van der Waals surface area contributed by atoms with E-state index >= 15 is 0 Å². The highest BCUT2D eigenvalue weighted by Crippen LogP contribution is 2.12.